The number of fused-ring (bicyclic) bond motifs is 2. The zero-order valence-electron chi connectivity index (χ0n) is 15.3. The van der Waals surface area contributed by atoms with Crippen LogP contribution in [0, 0.1) is 0 Å². The van der Waals surface area contributed by atoms with Gasteiger partial charge in [-0.05, 0) is 42.0 Å². The molecule has 0 aliphatic carbocycles. The lowest BCUT2D eigenvalue weighted by molar-refractivity contribution is 0.764. The van der Waals surface area contributed by atoms with Crippen molar-refractivity contribution < 1.29 is 0 Å². The number of hydrogen-bond donors (Lipinski definition) is 0. The Morgan fingerprint density at radius 3 is 2.41 bits per heavy atom. The molecule has 0 unspecified atom stereocenters. The summed E-state index contributed by atoms with van der Waals surface area (Å²) >= 11 is 0. The molecule has 29 heavy (non-hydrogen) atoms. The second kappa shape index (κ2) is 6.79. The fourth-order valence-electron chi connectivity index (χ4n) is 3.35. The molecule has 5 aromatic heterocycles. The molecule has 5 rings (SSSR count). The van der Waals surface area contributed by atoms with E-state index in [1.165, 1.54) is 4.57 Å². The average molecular weight is 381 g/mol. The summed E-state index contributed by atoms with van der Waals surface area (Å²) in [6, 6.07) is 14.3. The lowest BCUT2D eigenvalue weighted by Crippen LogP contribution is -2.22. The van der Waals surface area contributed by atoms with E-state index in [2.05, 4.69) is 15.0 Å². The monoisotopic (exact) mass is 381 g/mol. The summed E-state index contributed by atoms with van der Waals surface area (Å²) < 4.78 is 3.04. The van der Waals surface area contributed by atoms with Crippen LogP contribution in [-0.4, -0.2) is 24.1 Å². The third-order valence-electron chi connectivity index (χ3n) is 4.79. The molecule has 5 aromatic rings. The van der Waals surface area contributed by atoms with E-state index in [-0.39, 0.29) is 11.1 Å². The molecule has 140 valence electrons. The van der Waals surface area contributed by atoms with Gasteiger partial charge < -0.3 is 4.57 Å². The molecule has 0 aromatic carbocycles. The molecule has 0 aliphatic rings. The Labute approximate surface area is 164 Å². The molecule has 7 nitrogen and oxygen atoms in total. The number of aromatic nitrogens is 5. The van der Waals surface area contributed by atoms with Gasteiger partial charge in [-0.25, -0.2) is 9.97 Å². The first-order valence-corrected chi connectivity index (χ1v) is 9.06. The number of hydrogen-bond acceptors (Lipinski definition) is 5. The molecule has 0 saturated heterocycles. The third kappa shape index (κ3) is 2.98. The molecule has 0 amide bonds. The molecule has 5 heterocycles. The number of nitrogens with zero attached hydrogens (tertiary/aromatic N) is 5. The molecule has 0 saturated carbocycles. The predicted molar refractivity (Wildman–Crippen MR) is 110 cm³/mol. The molecule has 0 radical (unpaired) electrons. The summed E-state index contributed by atoms with van der Waals surface area (Å²) in [5, 5.41) is 0.779. The van der Waals surface area contributed by atoms with E-state index in [1.54, 1.807) is 65.9 Å². The molecule has 7 heteroatoms. The van der Waals surface area contributed by atoms with Crippen molar-refractivity contribution in [3.05, 3.63) is 106 Å². The van der Waals surface area contributed by atoms with Gasteiger partial charge >= 0.3 is 0 Å². The Balaban J connectivity index is 1.70. The lowest BCUT2D eigenvalue weighted by atomic mass is 10.2. The molecule has 0 aliphatic heterocycles. The van der Waals surface area contributed by atoms with Gasteiger partial charge in [0, 0.05) is 31.0 Å². The van der Waals surface area contributed by atoms with Gasteiger partial charge in [-0.3, -0.25) is 19.1 Å². The quantitative estimate of drug-likeness (QED) is 0.449. The van der Waals surface area contributed by atoms with Crippen molar-refractivity contribution in [2.75, 3.05) is 0 Å². The largest absolute Gasteiger partial charge is 0.310 e. The van der Waals surface area contributed by atoms with E-state index in [0.29, 0.717) is 34.2 Å². The fourth-order valence-corrected chi connectivity index (χ4v) is 3.35. The molecular weight excluding hydrogens is 366 g/mol. The summed E-state index contributed by atoms with van der Waals surface area (Å²) in [6.45, 7) is 0.396. The minimum atomic E-state index is -0.266. The predicted octanol–water partition coefficient (Wildman–Crippen LogP) is 2.54. The van der Waals surface area contributed by atoms with E-state index < -0.39 is 0 Å². The third-order valence-corrected chi connectivity index (χ3v) is 4.79. The van der Waals surface area contributed by atoms with Crippen molar-refractivity contribution in [2.24, 2.45) is 0 Å². The van der Waals surface area contributed by atoms with Crippen LogP contribution < -0.4 is 11.1 Å². The van der Waals surface area contributed by atoms with Crippen LogP contribution in [0.2, 0.25) is 0 Å². The van der Waals surface area contributed by atoms with Gasteiger partial charge in [0.15, 0.2) is 0 Å². The van der Waals surface area contributed by atoms with Gasteiger partial charge in [0.25, 0.3) is 11.1 Å². The van der Waals surface area contributed by atoms with E-state index in [0.717, 1.165) is 5.56 Å². The SMILES string of the molecule is O=c1c2cc3c(=O)n(-c4ccccn4)ccc3nc2ccn1Cc1cccnc1. The van der Waals surface area contributed by atoms with Crippen molar-refractivity contribution >= 4 is 21.8 Å². The van der Waals surface area contributed by atoms with Gasteiger partial charge in [0.2, 0.25) is 0 Å². The molecule has 0 atom stereocenters. The first-order chi connectivity index (χ1) is 14.2. The summed E-state index contributed by atoms with van der Waals surface area (Å²) in [5.74, 6) is 0.515. The zero-order chi connectivity index (χ0) is 19.8. The molecular formula is C22H15N5O2. The molecule has 0 bridgehead atoms. The highest BCUT2D eigenvalue weighted by molar-refractivity contribution is 5.91. The maximum absolute atomic E-state index is 13.0. The minimum absolute atomic E-state index is 0.201. The highest BCUT2D eigenvalue weighted by Gasteiger charge is 2.11. The van der Waals surface area contributed by atoms with Crippen molar-refractivity contribution in [1.82, 2.24) is 24.1 Å². The maximum atomic E-state index is 13.0. The Hall–Kier alpha value is -4.13. The van der Waals surface area contributed by atoms with Crippen LogP contribution in [0.5, 0.6) is 0 Å². The highest BCUT2D eigenvalue weighted by atomic mass is 16.1. The van der Waals surface area contributed by atoms with Gasteiger partial charge in [-0.1, -0.05) is 12.1 Å². The van der Waals surface area contributed by atoms with Crippen molar-refractivity contribution in [2.45, 2.75) is 6.54 Å². The van der Waals surface area contributed by atoms with Gasteiger partial charge in [-0.15, -0.1) is 0 Å². The van der Waals surface area contributed by atoms with Crippen LogP contribution in [0.25, 0.3) is 27.6 Å². The van der Waals surface area contributed by atoms with Crippen LogP contribution in [0.3, 0.4) is 0 Å². The van der Waals surface area contributed by atoms with Crippen molar-refractivity contribution in [3.8, 4) is 5.82 Å². The Morgan fingerprint density at radius 2 is 1.66 bits per heavy atom. The van der Waals surface area contributed by atoms with E-state index >= 15 is 0 Å². The summed E-state index contributed by atoms with van der Waals surface area (Å²) in [6.07, 6.45) is 8.40. The van der Waals surface area contributed by atoms with Gasteiger partial charge in [0.1, 0.15) is 5.82 Å². The first kappa shape index (κ1) is 17.0. The summed E-state index contributed by atoms with van der Waals surface area (Å²) in [5.41, 5.74) is 1.55. The second-order valence-corrected chi connectivity index (χ2v) is 6.64. The zero-order valence-corrected chi connectivity index (χ0v) is 15.3. The van der Waals surface area contributed by atoms with E-state index in [4.69, 9.17) is 0 Å². The number of pyridine rings is 5. The smallest absolute Gasteiger partial charge is 0.265 e. The van der Waals surface area contributed by atoms with Crippen LogP contribution in [-0.2, 0) is 6.54 Å². The standard InChI is InChI=1S/C22H15N5O2/c28-21-16-12-17-19(7-11-27(22(17)29)20-5-1-2-9-24-20)25-18(16)6-10-26(21)14-15-4-3-8-23-13-15/h1-13H,14H2. The van der Waals surface area contributed by atoms with Crippen LogP contribution in [0.15, 0.2) is 89.1 Å². The Morgan fingerprint density at radius 1 is 0.828 bits per heavy atom. The topological polar surface area (TPSA) is 82.7 Å². The lowest BCUT2D eigenvalue weighted by Gasteiger charge is -2.09. The van der Waals surface area contributed by atoms with Crippen LogP contribution >= 0.6 is 0 Å². The summed E-state index contributed by atoms with van der Waals surface area (Å²) in [4.78, 5) is 38.9. The number of rotatable bonds is 3. The van der Waals surface area contributed by atoms with E-state index in [1.807, 2.05) is 18.2 Å². The Kier molecular flexibility index (Phi) is 3.98. The first-order valence-electron chi connectivity index (χ1n) is 9.06. The summed E-state index contributed by atoms with van der Waals surface area (Å²) in [7, 11) is 0. The van der Waals surface area contributed by atoms with Crippen molar-refractivity contribution in [3.63, 3.8) is 0 Å². The highest BCUT2D eigenvalue weighted by Crippen LogP contribution is 2.15. The molecule has 0 N–H and O–H groups in total. The average Bonchev–Trinajstić information content (AvgIpc) is 2.77. The van der Waals surface area contributed by atoms with Crippen molar-refractivity contribution in [1.29, 1.82) is 0 Å². The minimum Gasteiger partial charge on any atom is -0.310 e. The molecule has 0 fully saturated rings. The van der Waals surface area contributed by atoms with Gasteiger partial charge in [0.05, 0.1) is 28.4 Å². The van der Waals surface area contributed by atoms with Crippen LogP contribution in [0.1, 0.15) is 5.56 Å². The maximum Gasteiger partial charge on any atom is 0.265 e. The fraction of sp³-hybridized carbons (Fsp3) is 0.0455. The van der Waals surface area contributed by atoms with Crippen LogP contribution in [0.4, 0.5) is 0 Å². The van der Waals surface area contributed by atoms with E-state index in [9.17, 15) is 9.59 Å². The molecule has 0 spiro atoms. The normalized spacial score (nSPS) is 11.2. The van der Waals surface area contributed by atoms with Gasteiger partial charge in [-0.2, -0.15) is 0 Å². The Bertz CT molecular complexity index is 1460. The second-order valence-electron chi connectivity index (χ2n) is 6.64.